The van der Waals surface area contributed by atoms with Gasteiger partial charge < -0.3 is 9.84 Å². The molecule has 0 radical (unpaired) electrons. The highest BCUT2D eigenvalue weighted by molar-refractivity contribution is 5.58. The first-order valence-electron chi connectivity index (χ1n) is 4.31. The van der Waals surface area contributed by atoms with Crippen molar-refractivity contribution in [1.29, 1.82) is 0 Å². The number of benzene rings is 1. The molecule has 0 spiro atoms. The minimum Gasteiger partial charge on any atom is -0.450 e. The summed E-state index contributed by atoms with van der Waals surface area (Å²) in [5.74, 6) is 0. The SMILES string of the molecule is CC(C=Cc1ccccc1)OC(=O)O. The second-order valence-electron chi connectivity index (χ2n) is 2.86. The molecule has 14 heavy (non-hydrogen) atoms. The summed E-state index contributed by atoms with van der Waals surface area (Å²) >= 11 is 0. The van der Waals surface area contributed by atoms with Crippen LogP contribution in [0.3, 0.4) is 0 Å². The van der Waals surface area contributed by atoms with E-state index in [0.29, 0.717) is 0 Å². The molecule has 1 N–H and O–H groups in total. The van der Waals surface area contributed by atoms with Gasteiger partial charge in [0, 0.05) is 0 Å². The molecule has 74 valence electrons. The third-order valence-corrected chi connectivity index (χ3v) is 1.65. The second-order valence-corrected chi connectivity index (χ2v) is 2.86. The highest BCUT2D eigenvalue weighted by Crippen LogP contribution is 2.03. The number of carboxylic acid groups (broad SMARTS) is 1. The largest absolute Gasteiger partial charge is 0.506 e. The quantitative estimate of drug-likeness (QED) is 0.749. The lowest BCUT2D eigenvalue weighted by Crippen LogP contribution is -2.09. The Hall–Kier alpha value is -1.77. The van der Waals surface area contributed by atoms with Crippen LogP contribution in [0.15, 0.2) is 36.4 Å². The first kappa shape index (κ1) is 10.3. The van der Waals surface area contributed by atoms with Gasteiger partial charge >= 0.3 is 6.16 Å². The Morgan fingerprint density at radius 3 is 2.64 bits per heavy atom. The molecule has 0 amide bonds. The van der Waals surface area contributed by atoms with E-state index >= 15 is 0 Å². The molecule has 0 saturated heterocycles. The molecule has 3 heteroatoms. The first-order valence-corrected chi connectivity index (χ1v) is 4.31. The smallest absolute Gasteiger partial charge is 0.450 e. The molecule has 1 rings (SSSR count). The number of hydrogen-bond acceptors (Lipinski definition) is 2. The molecule has 3 nitrogen and oxygen atoms in total. The maximum atomic E-state index is 10.2. The second kappa shape index (κ2) is 5.07. The number of rotatable bonds is 3. The van der Waals surface area contributed by atoms with Crippen molar-refractivity contribution in [3.63, 3.8) is 0 Å². The van der Waals surface area contributed by atoms with E-state index in [9.17, 15) is 4.79 Å². The minimum atomic E-state index is -1.25. The van der Waals surface area contributed by atoms with Crippen LogP contribution in [0.1, 0.15) is 12.5 Å². The standard InChI is InChI=1S/C11H12O3/c1-9(14-11(12)13)7-8-10-5-3-2-4-6-10/h2-9H,1H3,(H,12,13). The Kier molecular flexibility index (Phi) is 3.73. The normalized spacial score (nSPS) is 12.6. The van der Waals surface area contributed by atoms with Crippen molar-refractivity contribution >= 4 is 12.2 Å². The summed E-state index contributed by atoms with van der Waals surface area (Å²) in [5.41, 5.74) is 1.02. The van der Waals surface area contributed by atoms with Crippen molar-refractivity contribution in [2.45, 2.75) is 13.0 Å². The van der Waals surface area contributed by atoms with Crippen LogP contribution in [0.5, 0.6) is 0 Å². The Bertz CT molecular complexity index is 317. The summed E-state index contributed by atoms with van der Waals surface area (Å²) < 4.78 is 4.50. The van der Waals surface area contributed by atoms with Gasteiger partial charge in [-0.2, -0.15) is 0 Å². The van der Waals surface area contributed by atoms with Gasteiger partial charge in [0.2, 0.25) is 0 Å². The van der Waals surface area contributed by atoms with Crippen LogP contribution in [0.25, 0.3) is 6.08 Å². The highest BCUT2D eigenvalue weighted by atomic mass is 16.7. The number of hydrogen-bond donors (Lipinski definition) is 1. The Labute approximate surface area is 82.6 Å². The van der Waals surface area contributed by atoms with Crippen LogP contribution in [0, 0.1) is 0 Å². The maximum absolute atomic E-state index is 10.2. The van der Waals surface area contributed by atoms with Gasteiger partial charge in [-0.3, -0.25) is 0 Å². The summed E-state index contributed by atoms with van der Waals surface area (Å²) in [5, 5.41) is 8.32. The molecule has 0 fully saturated rings. The van der Waals surface area contributed by atoms with Gasteiger partial charge in [0.15, 0.2) is 0 Å². The summed E-state index contributed by atoms with van der Waals surface area (Å²) in [6.45, 7) is 1.67. The zero-order chi connectivity index (χ0) is 10.4. The molecule has 1 unspecified atom stereocenters. The van der Waals surface area contributed by atoms with Crippen LogP contribution in [0.2, 0.25) is 0 Å². The molecule has 0 aliphatic heterocycles. The molecule has 0 aromatic heterocycles. The van der Waals surface area contributed by atoms with Crippen molar-refractivity contribution in [3.05, 3.63) is 42.0 Å². The van der Waals surface area contributed by atoms with E-state index in [1.165, 1.54) is 0 Å². The van der Waals surface area contributed by atoms with Gasteiger partial charge in [-0.1, -0.05) is 36.4 Å². The van der Waals surface area contributed by atoms with E-state index in [1.807, 2.05) is 36.4 Å². The Morgan fingerprint density at radius 1 is 1.43 bits per heavy atom. The van der Waals surface area contributed by atoms with Crippen molar-refractivity contribution in [1.82, 2.24) is 0 Å². The van der Waals surface area contributed by atoms with Gasteiger partial charge in [-0.05, 0) is 18.6 Å². The molecule has 1 atom stereocenters. The van der Waals surface area contributed by atoms with Gasteiger partial charge in [0.25, 0.3) is 0 Å². The minimum absolute atomic E-state index is 0.423. The molecule has 1 aromatic rings. The van der Waals surface area contributed by atoms with Gasteiger partial charge in [0.1, 0.15) is 6.10 Å². The summed E-state index contributed by atoms with van der Waals surface area (Å²) in [6, 6.07) is 9.63. The van der Waals surface area contributed by atoms with Gasteiger partial charge in [-0.25, -0.2) is 4.79 Å². The lowest BCUT2D eigenvalue weighted by Gasteiger charge is -2.03. The predicted octanol–water partition coefficient (Wildman–Crippen LogP) is 2.78. The fourth-order valence-electron chi connectivity index (χ4n) is 1.01. The molecule has 0 aliphatic rings. The average molecular weight is 192 g/mol. The third-order valence-electron chi connectivity index (χ3n) is 1.65. The van der Waals surface area contributed by atoms with E-state index < -0.39 is 12.3 Å². The molecule has 0 aliphatic carbocycles. The highest BCUT2D eigenvalue weighted by Gasteiger charge is 2.01. The van der Waals surface area contributed by atoms with Crippen molar-refractivity contribution in [3.8, 4) is 0 Å². The van der Waals surface area contributed by atoms with Crippen LogP contribution < -0.4 is 0 Å². The Morgan fingerprint density at radius 2 is 2.07 bits per heavy atom. The molecular weight excluding hydrogens is 180 g/mol. The van der Waals surface area contributed by atoms with E-state index in [1.54, 1.807) is 13.0 Å². The predicted molar refractivity (Wildman–Crippen MR) is 54.0 cm³/mol. The Balaban J connectivity index is 2.52. The summed E-state index contributed by atoms with van der Waals surface area (Å²) in [6.07, 6.45) is 1.85. The fourth-order valence-corrected chi connectivity index (χ4v) is 1.01. The van der Waals surface area contributed by atoms with Gasteiger partial charge in [0.05, 0.1) is 0 Å². The van der Waals surface area contributed by atoms with E-state index in [4.69, 9.17) is 5.11 Å². The van der Waals surface area contributed by atoms with Crippen molar-refractivity contribution in [2.75, 3.05) is 0 Å². The van der Waals surface area contributed by atoms with E-state index in [0.717, 1.165) is 5.56 Å². The molecule has 0 saturated carbocycles. The van der Waals surface area contributed by atoms with Crippen LogP contribution in [-0.4, -0.2) is 17.4 Å². The molecule has 1 aromatic carbocycles. The number of carbonyl (C=O) groups is 1. The lowest BCUT2D eigenvalue weighted by molar-refractivity contribution is 0.0755. The van der Waals surface area contributed by atoms with Crippen LogP contribution in [0.4, 0.5) is 4.79 Å². The molecule has 0 heterocycles. The first-order chi connectivity index (χ1) is 6.68. The van der Waals surface area contributed by atoms with Gasteiger partial charge in [-0.15, -0.1) is 0 Å². The molecule has 0 bridgehead atoms. The zero-order valence-electron chi connectivity index (χ0n) is 7.88. The number of ether oxygens (including phenoxy) is 1. The zero-order valence-corrected chi connectivity index (χ0v) is 7.88. The van der Waals surface area contributed by atoms with Crippen molar-refractivity contribution in [2.24, 2.45) is 0 Å². The van der Waals surface area contributed by atoms with Crippen LogP contribution in [-0.2, 0) is 4.74 Å². The van der Waals surface area contributed by atoms with Crippen LogP contribution >= 0.6 is 0 Å². The summed E-state index contributed by atoms with van der Waals surface area (Å²) in [4.78, 5) is 10.2. The van der Waals surface area contributed by atoms with E-state index in [2.05, 4.69) is 4.74 Å². The topological polar surface area (TPSA) is 46.5 Å². The monoisotopic (exact) mass is 192 g/mol. The fraction of sp³-hybridized carbons (Fsp3) is 0.182. The summed E-state index contributed by atoms with van der Waals surface area (Å²) in [7, 11) is 0. The average Bonchev–Trinajstić information content (AvgIpc) is 2.15. The lowest BCUT2D eigenvalue weighted by atomic mass is 10.2. The molecular formula is C11H12O3. The van der Waals surface area contributed by atoms with Crippen molar-refractivity contribution < 1.29 is 14.6 Å². The third kappa shape index (κ3) is 3.76. The van der Waals surface area contributed by atoms with E-state index in [-0.39, 0.29) is 0 Å². The maximum Gasteiger partial charge on any atom is 0.506 e.